The van der Waals surface area contributed by atoms with Crippen LogP contribution in [-0.4, -0.2) is 54.0 Å². The van der Waals surface area contributed by atoms with Gasteiger partial charge in [0.25, 0.3) is 0 Å². The molecule has 0 heterocycles. The second kappa shape index (κ2) is 13.6. The Labute approximate surface area is 225 Å². The summed E-state index contributed by atoms with van der Waals surface area (Å²) >= 11 is 0. The summed E-state index contributed by atoms with van der Waals surface area (Å²) in [5, 5.41) is 12.6. The molecule has 2 unspecified atom stereocenters. The number of carboxylic acid groups (broad SMARTS) is 1. The summed E-state index contributed by atoms with van der Waals surface area (Å²) in [6, 6.07) is 3.51. The van der Waals surface area contributed by atoms with Crippen molar-refractivity contribution in [3.8, 4) is 11.5 Å². The zero-order valence-corrected chi connectivity index (χ0v) is 24.2. The molecule has 38 heavy (non-hydrogen) atoms. The Bertz CT molecular complexity index is 989. The van der Waals surface area contributed by atoms with Crippen LogP contribution in [0.4, 0.5) is 4.79 Å². The number of aliphatic carboxylic acids is 1. The average Bonchev–Trinajstić information content (AvgIpc) is 2.76. The Kier molecular flexibility index (Phi) is 11.8. The molecule has 0 aliphatic carbocycles. The first-order valence-corrected chi connectivity index (χ1v) is 12.7. The van der Waals surface area contributed by atoms with E-state index < -0.39 is 47.0 Å². The lowest BCUT2D eigenvalue weighted by Crippen LogP contribution is -2.43. The van der Waals surface area contributed by atoms with Gasteiger partial charge in [-0.1, -0.05) is 19.9 Å². The molecular formula is C28H43NO9. The van der Waals surface area contributed by atoms with Gasteiger partial charge in [-0.2, -0.15) is 0 Å². The summed E-state index contributed by atoms with van der Waals surface area (Å²) in [6.45, 7) is 17.4. The molecule has 1 rings (SSSR count). The van der Waals surface area contributed by atoms with Gasteiger partial charge in [0.05, 0.1) is 10.8 Å². The van der Waals surface area contributed by atoms with Crippen LogP contribution in [0, 0.1) is 16.7 Å². The van der Waals surface area contributed by atoms with Crippen LogP contribution in [0.3, 0.4) is 0 Å². The molecular weight excluding hydrogens is 494 g/mol. The predicted octanol–water partition coefficient (Wildman–Crippen LogP) is 4.76. The first-order valence-electron chi connectivity index (χ1n) is 12.7. The van der Waals surface area contributed by atoms with E-state index >= 15 is 0 Å². The third-order valence-corrected chi connectivity index (χ3v) is 5.55. The van der Waals surface area contributed by atoms with E-state index in [1.54, 1.807) is 61.5 Å². The number of carbonyl (C=O) groups excluding carboxylic acids is 3. The van der Waals surface area contributed by atoms with Gasteiger partial charge < -0.3 is 29.4 Å². The maximum absolute atomic E-state index is 12.6. The van der Waals surface area contributed by atoms with Gasteiger partial charge in [-0.3, -0.25) is 14.4 Å². The van der Waals surface area contributed by atoms with Gasteiger partial charge in [0.1, 0.15) is 18.2 Å². The quantitative estimate of drug-likeness (QED) is 0.300. The van der Waals surface area contributed by atoms with Gasteiger partial charge >= 0.3 is 24.1 Å². The van der Waals surface area contributed by atoms with Crippen LogP contribution in [0.25, 0.3) is 0 Å². The van der Waals surface area contributed by atoms with E-state index in [2.05, 4.69) is 5.32 Å². The lowest BCUT2D eigenvalue weighted by Gasteiger charge is -2.22. The van der Waals surface area contributed by atoms with Gasteiger partial charge in [0.15, 0.2) is 11.5 Å². The number of hydrogen-bond acceptors (Lipinski definition) is 9. The molecule has 0 amide bonds. The molecule has 3 atom stereocenters. The molecule has 0 aromatic heterocycles. The zero-order chi connectivity index (χ0) is 29.4. The van der Waals surface area contributed by atoms with Gasteiger partial charge in [-0.25, -0.2) is 4.79 Å². The van der Waals surface area contributed by atoms with Crippen LogP contribution in [-0.2, 0) is 30.3 Å². The van der Waals surface area contributed by atoms with Crippen LogP contribution in [0.5, 0.6) is 11.5 Å². The number of benzene rings is 1. The molecule has 2 N–H and O–H groups in total. The summed E-state index contributed by atoms with van der Waals surface area (Å²) < 4.78 is 21.4. The molecule has 10 heteroatoms. The minimum Gasteiger partial charge on any atom is -0.480 e. The van der Waals surface area contributed by atoms with E-state index in [1.165, 1.54) is 12.1 Å². The second-order valence-electron chi connectivity index (χ2n) is 11.8. The van der Waals surface area contributed by atoms with Crippen LogP contribution >= 0.6 is 0 Å². The smallest absolute Gasteiger partial charge is 0.480 e. The molecule has 0 aliphatic rings. The van der Waals surface area contributed by atoms with E-state index in [0.29, 0.717) is 5.56 Å². The Balaban J connectivity index is 3.02. The van der Waals surface area contributed by atoms with Crippen molar-refractivity contribution in [2.24, 2.45) is 16.7 Å². The van der Waals surface area contributed by atoms with E-state index in [0.717, 1.165) is 0 Å². The van der Waals surface area contributed by atoms with Crippen molar-refractivity contribution in [2.45, 2.75) is 93.9 Å². The van der Waals surface area contributed by atoms with Crippen LogP contribution < -0.4 is 14.8 Å². The minimum atomic E-state index is -1.12. The number of nitrogens with one attached hydrogen (secondary N) is 1. The SMILES string of the molecule is CC(CN[C@@H](Cc1ccc(OC(=O)C(C)(C)C)c(OC(=O)C(C)(C)C)c1)C(=O)O)OC(=O)OC(C)C(C)C. The Hall–Kier alpha value is -3.14. The second-order valence-corrected chi connectivity index (χ2v) is 11.8. The summed E-state index contributed by atoms with van der Waals surface area (Å²) in [5.74, 6) is -1.97. The molecule has 10 nitrogen and oxygen atoms in total. The summed E-state index contributed by atoms with van der Waals surface area (Å²) in [4.78, 5) is 48.9. The highest BCUT2D eigenvalue weighted by Gasteiger charge is 2.29. The summed E-state index contributed by atoms with van der Waals surface area (Å²) in [6.07, 6.45) is -1.77. The molecule has 1 aromatic rings. The highest BCUT2D eigenvalue weighted by molar-refractivity contribution is 5.81. The highest BCUT2D eigenvalue weighted by atomic mass is 16.7. The summed E-state index contributed by atoms with van der Waals surface area (Å²) in [7, 11) is 0. The standard InChI is InChI=1S/C28H43NO9/c1-16(2)18(4)36-26(34)35-17(3)15-29-20(23(30)31)13-19-11-12-21(37-24(32)27(5,6)7)22(14-19)38-25(33)28(8,9)10/h11-12,14,16-18,20,29H,13,15H2,1-10H3,(H,30,31)/t17?,18?,20-/m0/s1. The maximum atomic E-state index is 12.6. The highest BCUT2D eigenvalue weighted by Crippen LogP contribution is 2.33. The Morgan fingerprint density at radius 2 is 1.37 bits per heavy atom. The monoisotopic (exact) mass is 537 g/mol. The number of ether oxygens (including phenoxy) is 4. The molecule has 0 saturated carbocycles. The third kappa shape index (κ3) is 11.1. The molecule has 0 radical (unpaired) electrons. The summed E-state index contributed by atoms with van der Waals surface area (Å²) in [5.41, 5.74) is -1.09. The van der Waals surface area contributed by atoms with Crippen molar-refractivity contribution in [3.63, 3.8) is 0 Å². The molecule has 0 spiro atoms. The third-order valence-electron chi connectivity index (χ3n) is 5.55. The number of esters is 2. The van der Waals surface area contributed by atoms with E-state index in [9.17, 15) is 24.3 Å². The van der Waals surface area contributed by atoms with E-state index in [-0.39, 0.29) is 36.5 Å². The average molecular weight is 538 g/mol. The van der Waals surface area contributed by atoms with E-state index in [1.807, 2.05) is 13.8 Å². The zero-order valence-electron chi connectivity index (χ0n) is 24.2. The van der Waals surface area contributed by atoms with Crippen LogP contribution in [0.15, 0.2) is 18.2 Å². The van der Waals surface area contributed by atoms with Gasteiger partial charge in [0, 0.05) is 6.54 Å². The van der Waals surface area contributed by atoms with Crippen molar-refractivity contribution in [3.05, 3.63) is 23.8 Å². The van der Waals surface area contributed by atoms with E-state index in [4.69, 9.17) is 18.9 Å². The van der Waals surface area contributed by atoms with Gasteiger partial charge in [0.2, 0.25) is 0 Å². The first-order chi connectivity index (χ1) is 17.3. The van der Waals surface area contributed by atoms with Crippen LogP contribution in [0.1, 0.15) is 74.8 Å². The molecule has 0 aliphatic heterocycles. The lowest BCUT2D eigenvalue weighted by molar-refractivity contribution is -0.145. The fraction of sp³-hybridized carbons (Fsp3) is 0.643. The number of hydrogen-bond donors (Lipinski definition) is 2. The number of carboxylic acids is 1. The molecule has 214 valence electrons. The molecule has 0 bridgehead atoms. The fourth-order valence-corrected chi connectivity index (χ4v) is 2.66. The predicted molar refractivity (Wildman–Crippen MR) is 141 cm³/mol. The van der Waals surface area contributed by atoms with Crippen molar-refractivity contribution in [1.82, 2.24) is 5.32 Å². The topological polar surface area (TPSA) is 137 Å². The number of rotatable bonds is 11. The Morgan fingerprint density at radius 1 is 0.842 bits per heavy atom. The van der Waals surface area contributed by atoms with Crippen molar-refractivity contribution in [1.29, 1.82) is 0 Å². The Morgan fingerprint density at radius 3 is 1.84 bits per heavy atom. The van der Waals surface area contributed by atoms with Crippen LogP contribution in [0.2, 0.25) is 0 Å². The van der Waals surface area contributed by atoms with Crippen molar-refractivity contribution >= 4 is 24.1 Å². The maximum Gasteiger partial charge on any atom is 0.508 e. The fourth-order valence-electron chi connectivity index (χ4n) is 2.66. The molecule has 1 aromatic carbocycles. The lowest BCUT2D eigenvalue weighted by atomic mass is 9.97. The van der Waals surface area contributed by atoms with Gasteiger partial charge in [-0.05, 0) is 85.4 Å². The first kappa shape index (κ1) is 32.9. The minimum absolute atomic E-state index is 0.0166. The molecule has 0 fully saturated rings. The van der Waals surface area contributed by atoms with Gasteiger partial charge in [-0.15, -0.1) is 0 Å². The molecule has 0 saturated heterocycles. The van der Waals surface area contributed by atoms with Crippen molar-refractivity contribution < 1.29 is 43.2 Å². The number of carbonyl (C=O) groups is 4. The van der Waals surface area contributed by atoms with Crippen molar-refractivity contribution in [2.75, 3.05) is 6.54 Å². The normalized spacial score (nSPS) is 14.3. The largest absolute Gasteiger partial charge is 0.508 e.